The predicted molar refractivity (Wildman–Crippen MR) is 90.2 cm³/mol. The minimum absolute atomic E-state index is 0.207. The summed E-state index contributed by atoms with van der Waals surface area (Å²) in [7, 11) is 0. The minimum atomic E-state index is -0.620. The van der Waals surface area contributed by atoms with Gasteiger partial charge in [-0.1, -0.05) is 15.9 Å². The average Bonchev–Trinajstić information content (AvgIpc) is 3.32. The summed E-state index contributed by atoms with van der Waals surface area (Å²) in [5.41, 5.74) is 1.17. The first-order valence-corrected chi connectivity index (χ1v) is 8.34. The molecule has 0 bridgehead atoms. The van der Waals surface area contributed by atoms with Gasteiger partial charge in [0.1, 0.15) is 11.6 Å². The van der Waals surface area contributed by atoms with Crippen LogP contribution in [-0.4, -0.2) is 20.4 Å². The number of nitrogens with zero attached hydrogens (tertiary/aromatic N) is 4. The molecule has 2 heterocycles. The van der Waals surface area contributed by atoms with E-state index in [4.69, 9.17) is 8.83 Å². The Morgan fingerprint density at radius 1 is 0.654 bits per heavy atom. The van der Waals surface area contributed by atoms with Gasteiger partial charge in [0.15, 0.2) is 4.83 Å². The van der Waals surface area contributed by atoms with E-state index in [2.05, 4.69) is 36.3 Å². The van der Waals surface area contributed by atoms with Gasteiger partial charge < -0.3 is 8.83 Å². The first kappa shape index (κ1) is 16.5. The largest absolute Gasteiger partial charge is 0.419 e. The van der Waals surface area contributed by atoms with E-state index in [9.17, 15) is 8.78 Å². The van der Waals surface area contributed by atoms with Gasteiger partial charge >= 0.3 is 0 Å². The number of benzene rings is 2. The monoisotopic (exact) mass is 418 g/mol. The fraction of sp³-hybridized carbons (Fsp3) is 0.0588. The third-order valence-corrected chi connectivity index (χ3v) is 4.28. The molecule has 0 spiro atoms. The Labute approximate surface area is 154 Å². The van der Waals surface area contributed by atoms with Gasteiger partial charge in [0.2, 0.25) is 23.6 Å². The molecule has 0 aliphatic rings. The fourth-order valence-corrected chi connectivity index (χ4v) is 2.57. The molecule has 0 atom stereocenters. The number of rotatable bonds is 4. The van der Waals surface area contributed by atoms with Crippen molar-refractivity contribution < 1.29 is 17.6 Å². The molecule has 6 nitrogen and oxygen atoms in total. The molecular formula is C17H9BrF2N4O2. The smallest absolute Gasteiger partial charge is 0.247 e. The van der Waals surface area contributed by atoms with Crippen LogP contribution >= 0.6 is 15.9 Å². The standard InChI is InChI=1S/C17H9BrF2N4O2/c18-13(16-23-21-14(25-16)9-1-5-11(19)6-2-9)17-24-22-15(26-17)10-3-7-12(20)8-4-10/h1-8,13H. The predicted octanol–water partition coefficient (Wildman–Crippen LogP) is 4.55. The lowest BCUT2D eigenvalue weighted by Gasteiger charge is -1.99. The van der Waals surface area contributed by atoms with Gasteiger partial charge in [0, 0.05) is 11.1 Å². The van der Waals surface area contributed by atoms with Crippen molar-refractivity contribution in [2.75, 3.05) is 0 Å². The second-order valence-corrected chi connectivity index (χ2v) is 6.18. The lowest BCUT2D eigenvalue weighted by molar-refractivity contribution is 0.464. The third-order valence-electron chi connectivity index (χ3n) is 3.50. The number of alkyl halides is 1. The second kappa shape index (κ2) is 6.75. The average molecular weight is 419 g/mol. The SMILES string of the molecule is Fc1ccc(-c2nnc(C(Br)c3nnc(-c4ccc(F)cc4)o3)o2)cc1. The minimum Gasteiger partial charge on any atom is -0.419 e. The summed E-state index contributed by atoms with van der Waals surface area (Å²) in [6, 6.07) is 11.4. The molecular weight excluding hydrogens is 410 g/mol. The maximum atomic E-state index is 13.0. The Bertz CT molecular complexity index is 948. The lowest BCUT2D eigenvalue weighted by Crippen LogP contribution is -1.93. The van der Waals surface area contributed by atoms with Crippen LogP contribution in [0.2, 0.25) is 0 Å². The highest BCUT2D eigenvalue weighted by atomic mass is 79.9. The molecule has 0 saturated carbocycles. The Kier molecular flexibility index (Phi) is 4.29. The van der Waals surface area contributed by atoms with Gasteiger partial charge in [-0.05, 0) is 48.5 Å². The van der Waals surface area contributed by atoms with Crippen molar-refractivity contribution in [1.82, 2.24) is 20.4 Å². The number of halogens is 3. The van der Waals surface area contributed by atoms with Crippen LogP contribution < -0.4 is 0 Å². The quantitative estimate of drug-likeness (QED) is 0.452. The van der Waals surface area contributed by atoms with E-state index in [-0.39, 0.29) is 35.2 Å². The highest BCUT2D eigenvalue weighted by molar-refractivity contribution is 9.09. The molecule has 2 aromatic heterocycles. The van der Waals surface area contributed by atoms with Crippen LogP contribution in [0.25, 0.3) is 22.9 Å². The molecule has 26 heavy (non-hydrogen) atoms. The van der Waals surface area contributed by atoms with E-state index in [1.165, 1.54) is 48.5 Å². The molecule has 0 aliphatic carbocycles. The van der Waals surface area contributed by atoms with Crippen molar-refractivity contribution in [3.8, 4) is 22.9 Å². The van der Waals surface area contributed by atoms with Crippen molar-refractivity contribution in [2.45, 2.75) is 4.83 Å². The first-order chi connectivity index (χ1) is 12.6. The Hall–Kier alpha value is -2.94. The normalized spacial score (nSPS) is 11.2. The zero-order chi connectivity index (χ0) is 18.1. The van der Waals surface area contributed by atoms with Gasteiger partial charge in [-0.25, -0.2) is 8.78 Å². The summed E-state index contributed by atoms with van der Waals surface area (Å²) in [5.74, 6) is 0.180. The summed E-state index contributed by atoms with van der Waals surface area (Å²) in [5, 5.41) is 15.8. The van der Waals surface area contributed by atoms with E-state index in [0.717, 1.165) is 0 Å². The van der Waals surface area contributed by atoms with Crippen molar-refractivity contribution in [2.24, 2.45) is 0 Å². The number of hydrogen-bond donors (Lipinski definition) is 0. The second-order valence-electron chi connectivity index (χ2n) is 5.27. The van der Waals surface area contributed by atoms with E-state index in [1.807, 2.05) is 0 Å². The summed E-state index contributed by atoms with van der Waals surface area (Å²) in [4.78, 5) is -0.620. The van der Waals surface area contributed by atoms with Crippen LogP contribution in [0.15, 0.2) is 57.4 Å². The zero-order valence-electron chi connectivity index (χ0n) is 12.9. The number of aromatic nitrogens is 4. The van der Waals surface area contributed by atoms with E-state index >= 15 is 0 Å². The molecule has 0 N–H and O–H groups in total. The first-order valence-electron chi connectivity index (χ1n) is 7.43. The molecule has 0 aliphatic heterocycles. The molecule has 4 rings (SSSR count). The zero-order valence-corrected chi connectivity index (χ0v) is 14.5. The van der Waals surface area contributed by atoms with Gasteiger partial charge in [-0.2, -0.15) is 0 Å². The van der Waals surface area contributed by atoms with Gasteiger partial charge in [0.05, 0.1) is 0 Å². The fourth-order valence-electron chi connectivity index (χ4n) is 2.20. The maximum absolute atomic E-state index is 13.0. The van der Waals surface area contributed by atoms with Crippen molar-refractivity contribution in [1.29, 1.82) is 0 Å². The van der Waals surface area contributed by atoms with Gasteiger partial charge in [-0.15, -0.1) is 20.4 Å². The molecule has 0 fully saturated rings. The van der Waals surface area contributed by atoms with Crippen LogP contribution in [0.1, 0.15) is 16.6 Å². The van der Waals surface area contributed by atoms with Gasteiger partial charge in [0.25, 0.3) is 0 Å². The van der Waals surface area contributed by atoms with Crippen LogP contribution in [0, 0.1) is 11.6 Å². The third kappa shape index (κ3) is 3.25. The van der Waals surface area contributed by atoms with E-state index in [0.29, 0.717) is 11.1 Å². The summed E-state index contributed by atoms with van der Waals surface area (Å²) in [6.45, 7) is 0. The van der Waals surface area contributed by atoms with Gasteiger partial charge in [-0.3, -0.25) is 0 Å². The Balaban J connectivity index is 1.57. The summed E-state index contributed by atoms with van der Waals surface area (Å²) < 4.78 is 37.2. The van der Waals surface area contributed by atoms with Crippen LogP contribution in [-0.2, 0) is 0 Å². The topological polar surface area (TPSA) is 77.8 Å². The summed E-state index contributed by atoms with van der Waals surface area (Å²) >= 11 is 3.38. The summed E-state index contributed by atoms with van der Waals surface area (Å²) in [6.07, 6.45) is 0. The molecule has 130 valence electrons. The molecule has 0 unspecified atom stereocenters. The molecule has 9 heteroatoms. The van der Waals surface area contributed by atoms with E-state index < -0.39 is 4.83 Å². The molecule has 0 radical (unpaired) electrons. The Morgan fingerprint density at radius 2 is 1.04 bits per heavy atom. The molecule has 4 aromatic rings. The van der Waals surface area contributed by atoms with Crippen molar-refractivity contribution in [3.63, 3.8) is 0 Å². The number of hydrogen-bond acceptors (Lipinski definition) is 6. The molecule has 2 aromatic carbocycles. The van der Waals surface area contributed by atoms with Crippen molar-refractivity contribution in [3.05, 3.63) is 71.9 Å². The van der Waals surface area contributed by atoms with Crippen LogP contribution in [0.5, 0.6) is 0 Å². The molecule has 0 saturated heterocycles. The van der Waals surface area contributed by atoms with E-state index in [1.54, 1.807) is 0 Å². The van der Waals surface area contributed by atoms with Crippen LogP contribution in [0.4, 0.5) is 8.78 Å². The Morgan fingerprint density at radius 3 is 1.42 bits per heavy atom. The maximum Gasteiger partial charge on any atom is 0.247 e. The lowest BCUT2D eigenvalue weighted by atomic mass is 10.2. The van der Waals surface area contributed by atoms with Crippen LogP contribution in [0.3, 0.4) is 0 Å². The highest BCUT2D eigenvalue weighted by Crippen LogP contribution is 2.32. The highest BCUT2D eigenvalue weighted by Gasteiger charge is 2.24. The van der Waals surface area contributed by atoms with Crippen molar-refractivity contribution >= 4 is 15.9 Å². The molecule has 0 amide bonds.